The second kappa shape index (κ2) is 6.96. The number of nitrogens with zero attached hydrogens (tertiary/aromatic N) is 2. The molecule has 0 spiro atoms. The lowest BCUT2D eigenvalue weighted by Crippen LogP contribution is -2.41. The lowest BCUT2D eigenvalue weighted by molar-refractivity contribution is 0.0681. The zero-order valence-electron chi connectivity index (χ0n) is 12.0. The summed E-state index contributed by atoms with van der Waals surface area (Å²) in [5.74, 6) is 0.891. The first kappa shape index (κ1) is 16.1. The molecule has 0 aromatic carbocycles. The average molecular weight is 286 g/mol. The van der Waals surface area contributed by atoms with Crippen molar-refractivity contribution in [1.82, 2.24) is 14.8 Å². The van der Waals surface area contributed by atoms with Gasteiger partial charge < -0.3 is 14.8 Å². The molecule has 1 aliphatic heterocycles. The van der Waals surface area contributed by atoms with Crippen molar-refractivity contribution >= 4 is 18.3 Å². The van der Waals surface area contributed by atoms with Gasteiger partial charge in [-0.05, 0) is 51.4 Å². The van der Waals surface area contributed by atoms with E-state index in [4.69, 9.17) is 0 Å². The highest BCUT2D eigenvalue weighted by molar-refractivity contribution is 5.93. The second-order valence-electron chi connectivity index (χ2n) is 5.21. The fourth-order valence-corrected chi connectivity index (χ4v) is 2.62. The maximum Gasteiger partial charge on any atom is 0.270 e. The van der Waals surface area contributed by atoms with Gasteiger partial charge >= 0.3 is 0 Å². The van der Waals surface area contributed by atoms with Crippen LogP contribution in [0.15, 0.2) is 12.1 Å². The number of halogens is 1. The fourth-order valence-electron chi connectivity index (χ4n) is 2.62. The zero-order valence-corrected chi connectivity index (χ0v) is 12.8. The van der Waals surface area contributed by atoms with Crippen LogP contribution in [0.3, 0.4) is 0 Å². The number of aromatic nitrogens is 1. The van der Waals surface area contributed by atoms with E-state index in [0.717, 1.165) is 43.9 Å². The van der Waals surface area contributed by atoms with E-state index in [9.17, 15) is 4.79 Å². The molecule has 0 saturated carbocycles. The number of carbonyl (C=O) groups excluding carboxylic acids is 1. The van der Waals surface area contributed by atoms with Gasteiger partial charge in [0.05, 0.1) is 0 Å². The quantitative estimate of drug-likeness (QED) is 0.920. The molecule has 4 nitrogen and oxygen atoms in total. The number of hydrogen-bond donors (Lipinski definition) is 1. The third-order valence-electron chi connectivity index (χ3n) is 3.99. The van der Waals surface area contributed by atoms with Crippen LogP contribution in [-0.2, 0) is 7.05 Å². The summed E-state index contributed by atoms with van der Waals surface area (Å²) in [5.41, 5.74) is 1.93. The summed E-state index contributed by atoms with van der Waals surface area (Å²) < 4.78 is 1.97. The summed E-state index contributed by atoms with van der Waals surface area (Å²) in [4.78, 5) is 14.4. The Morgan fingerprint density at radius 2 is 2.00 bits per heavy atom. The Hall–Kier alpha value is -1.00. The van der Waals surface area contributed by atoms with E-state index < -0.39 is 0 Å². The van der Waals surface area contributed by atoms with Crippen molar-refractivity contribution in [2.45, 2.75) is 19.8 Å². The van der Waals surface area contributed by atoms with Crippen molar-refractivity contribution in [1.29, 1.82) is 0 Å². The van der Waals surface area contributed by atoms with Gasteiger partial charge in [-0.3, -0.25) is 4.79 Å². The Balaban J connectivity index is 0.00000180. The molecule has 108 valence electrons. The Morgan fingerprint density at radius 1 is 1.37 bits per heavy atom. The minimum absolute atomic E-state index is 0. The molecule has 1 saturated heterocycles. The fraction of sp³-hybridized carbons (Fsp3) is 0.643. The summed E-state index contributed by atoms with van der Waals surface area (Å²) in [7, 11) is 3.95. The molecular formula is C14H24ClN3O. The van der Waals surface area contributed by atoms with Crippen LogP contribution in [0.5, 0.6) is 0 Å². The Morgan fingerprint density at radius 3 is 2.47 bits per heavy atom. The molecule has 0 aliphatic carbocycles. The van der Waals surface area contributed by atoms with Gasteiger partial charge in [0.25, 0.3) is 5.91 Å². The third-order valence-corrected chi connectivity index (χ3v) is 3.99. The van der Waals surface area contributed by atoms with Crippen molar-refractivity contribution < 1.29 is 4.79 Å². The first-order chi connectivity index (χ1) is 8.63. The molecule has 0 atom stereocenters. The number of amides is 1. The van der Waals surface area contributed by atoms with Gasteiger partial charge in [0, 0.05) is 25.8 Å². The monoisotopic (exact) mass is 285 g/mol. The predicted octanol–water partition coefficient (Wildman–Crippen LogP) is 1.83. The molecule has 1 aromatic rings. The van der Waals surface area contributed by atoms with Gasteiger partial charge in [0.1, 0.15) is 5.69 Å². The van der Waals surface area contributed by atoms with E-state index in [1.807, 2.05) is 42.6 Å². The lowest BCUT2D eigenvalue weighted by Gasteiger charge is -2.32. The molecule has 2 rings (SSSR count). The van der Waals surface area contributed by atoms with Crippen LogP contribution in [0.4, 0.5) is 0 Å². The summed E-state index contributed by atoms with van der Waals surface area (Å²) in [6.07, 6.45) is 2.21. The summed E-state index contributed by atoms with van der Waals surface area (Å²) >= 11 is 0. The number of aryl methyl sites for hydroxylation is 1. The molecule has 1 fully saturated rings. The molecule has 19 heavy (non-hydrogen) atoms. The average Bonchev–Trinajstić information content (AvgIpc) is 2.71. The zero-order chi connectivity index (χ0) is 13.1. The van der Waals surface area contributed by atoms with Crippen molar-refractivity contribution in [2.75, 3.05) is 26.7 Å². The molecule has 0 unspecified atom stereocenters. The van der Waals surface area contributed by atoms with E-state index in [1.54, 1.807) is 0 Å². The Bertz CT molecular complexity index is 422. The molecule has 0 radical (unpaired) electrons. The van der Waals surface area contributed by atoms with E-state index in [2.05, 4.69) is 5.32 Å². The minimum Gasteiger partial charge on any atom is -0.344 e. The summed E-state index contributed by atoms with van der Waals surface area (Å²) in [6, 6.07) is 3.93. The Labute approximate surface area is 121 Å². The van der Waals surface area contributed by atoms with E-state index in [0.29, 0.717) is 5.92 Å². The molecule has 5 heteroatoms. The highest BCUT2D eigenvalue weighted by Crippen LogP contribution is 2.19. The SMILES string of the molecule is CNCC1CCN(C(=O)c2ccc(C)n2C)CC1.Cl. The van der Waals surface area contributed by atoms with Crippen LogP contribution in [0, 0.1) is 12.8 Å². The first-order valence-corrected chi connectivity index (χ1v) is 6.69. The minimum atomic E-state index is 0. The van der Waals surface area contributed by atoms with E-state index in [-0.39, 0.29) is 18.3 Å². The van der Waals surface area contributed by atoms with Gasteiger partial charge in [-0.2, -0.15) is 0 Å². The molecule has 2 heterocycles. The lowest BCUT2D eigenvalue weighted by atomic mass is 9.96. The first-order valence-electron chi connectivity index (χ1n) is 6.69. The largest absolute Gasteiger partial charge is 0.344 e. The summed E-state index contributed by atoms with van der Waals surface area (Å²) in [5, 5.41) is 3.22. The van der Waals surface area contributed by atoms with Crippen LogP contribution in [-0.4, -0.2) is 42.1 Å². The maximum atomic E-state index is 12.4. The van der Waals surface area contributed by atoms with Crippen LogP contribution < -0.4 is 5.32 Å². The maximum absolute atomic E-state index is 12.4. The van der Waals surface area contributed by atoms with Gasteiger partial charge in [0.2, 0.25) is 0 Å². The number of nitrogens with one attached hydrogen (secondary N) is 1. The van der Waals surface area contributed by atoms with Gasteiger partial charge in [-0.1, -0.05) is 0 Å². The van der Waals surface area contributed by atoms with Crippen LogP contribution in [0.2, 0.25) is 0 Å². The number of piperidine rings is 1. The van der Waals surface area contributed by atoms with Crippen molar-refractivity contribution in [3.8, 4) is 0 Å². The second-order valence-corrected chi connectivity index (χ2v) is 5.21. The Kier molecular flexibility index (Phi) is 5.88. The molecular weight excluding hydrogens is 262 g/mol. The van der Waals surface area contributed by atoms with Crippen LogP contribution >= 0.6 is 12.4 Å². The van der Waals surface area contributed by atoms with Crippen molar-refractivity contribution in [2.24, 2.45) is 13.0 Å². The number of rotatable bonds is 3. The van der Waals surface area contributed by atoms with Crippen LogP contribution in [0.25, 0.3) is 0 Å². The normalized spacial score (nSPS) is 16.3. The highest BCUT2D eigenvalue weighted by Gasteiger charge is 2.24. The van der Waals surface area contributed by atoms with E-state index >= 15 is 0 Å². The highest BCUT2D eigenvalue weighted by atomic mass is 35.5. The van der Waals surface area contributed by atoms with Crippen molar-refractivity contribution in [3.63, 3.8) is 0 Å². The molecule has 0 bridgehead atoms. The number of hydrogen-bond acceptors (Lipinski definition) is 2. The van der Waals surface area contributed by atoms with Crippen LogP contribution in [0.1, 0.15) is 29.0 Å². The smallest absolute Gasteiger partial charge is 0.270 e. The van der Waals surface area contributed by atoms with Gasteiger partial charge in [0.15, 0.2) is 0 Å². The van der Waals surface area contributed by atoms with Crippen molar-refractivity contribution in [3.05, 3.63) is 23.5 Å². The summed E-state index contributed by atoms with van der Waals surface area (Å²) in [6.45, 7) is 4.85. The molecule has 1 aliphatic rings. The van der Waals surface area contributed by atoms with Gasteiger partial charge in [-0.15, -0.1) is 12.4 Å². The van der Waals surface area contributed by atoms with Gasteiger partial charge in [-0.25, -0.2) is 0 Å². The van der Waals surface area contributed by atoms with E-state index in [1.165, 1.54) is 0 Å². The molecule has 1 N–H and O–H groups in total. The third kappa shape index (κ3) is 3.51. The topological polar surface area (TPSA) is 37.3 Å². The standard InChI is InChI=1S/C14H23N3O.ClH/c1-11-4-5-13(16(11)3)14(18)17-8-6-12(7-9-17)10-15-2;/h4-5,12,15H,6-10H2,1-3H3;1H. The molecule has 1 amide bonds. The number of carbonyl (C=O) groups is 1. The predicted molar refractivity (Wildman–Crippen MR) is 80.0 cm³/mol. The number of likely N-dealkylation sites (tertiary alicyclic amines) is 1. The molecule has 1 aromatic heterocycles.